The second kappa shape index (κ2) is 7.22. The Balaban J connectivity index is 1.73. The van der Waals surface area contributed by atoms with Crippen molar-refractivity contribution in [2.24, 2.45) is 5.10 Å². The Labute approximate surface area is 143 Å². The third-order valence-corrected chi connectivity index (χ3v) is 3.52. The first-order chi connectivity index (χ1) is 12.1. The molecule has 0 unspecified atom stereocenters. The van der Waals surface area contributed by atoms with Crippen molar-refractivity contribution in [1.29, 1.82) is 0 Å². The van der Waals surface area contributed by atoms with Gasteiger partial charge >= 0.3 is 0 Å². The average Bonchev–Trinajstić information content (AvgIpc) is 3.11. The van der Waals surface area contributed by atoms with E-state index in [2.05, 4.69) is 10.5 Å². The Kier molecular flexibility index (Phi) is 4.66. The number of benzene rings is 2. The van der Waals surface area contributed by atoms with Gasteiger partial charge in [0.1, 0.15) is 0 Å². The number of non-ortho nitro benzene ring substituents is 1. The molecule has 7 heteroatoms. The maximum atomic E-state index is 11.9. The molecule has 3 aromatic rings. The van der Waals surface area contributed by atoms with E-state index in [0.29, 0.717) is 5.56 Å². The summed E-state index contributed by atoms with van der Waals surface area (Å²) in [4.78, 5) is 22.2. The standard InChI is InChI=1S/C18H14N4O3/c23-18(14-5-2-1-3-6-14)20-19-13-17-7-4-12-21(17)15-8-10-16(11-9-15)22(24)25/h1-13H,(H,20,23). The number of nitro groups is 1. The lowest BCUT2D eigenvalue weighted by molar-refractivity contribution is -0.384. The summed E-state index contributed by atoms with van der Waals surface area (Å²) in [5.74, 6) is -0.301. The molecule has 0 radical (unpaired) electrons. The predicted octanol–water partition coefficient (Wildman–Crippen LogP) is 3.15. The smallest absolute Gasteiger partial charge is 0.271 e. The number of nitrogens with zero attached hydrogens (tertiary/aromatic N) is 3. The number of aromatic nitrogens is 1. The van der Waals surface area contributed by atoms with Crippen LogP contribution in [0.1, 0.15) is 16.1 Å². The first kappa shape index (κ1) is 16.1. The number of hydrogen-bond donors (Lipinski definition) is 1. The van der Waals surface area contributed by atoms with Gasteiger partial charge in [0.05, 0.1) is 16.8 Å². The fraction of sp³-hybridized carbons (Fsp3) is 0. The van der Waals surface area contributed by atoms with Gasteiger partial charge in [-0.1, -0.05) is 18.2 Å². The zero-order valence-electron chi connectivity index (χ0n) is 13.1. The summed E-state index contributed by atoms with van der Waals surface area (Å²) in [6.07, 6.45) is 3.32. The molecule has 0 aliphatic rings. The van der Waals surface area contributed by atoms with Gasteiger partial charge in [-0.2, -0.15) is 5.10 Å². The molecule has 0 saturated heterocycles. The molecule has 7 nitrogen and oxygen atoms in total. The highest BCUT2D eigenvalue weighted by molar-refractivity contribution is 5.94. The number of amides is 1. The number of hydrazone groups is 1. The van der Waals surface area contributed by atoms with E-state index in [0.717, 1.165) is 11.4 Å². The lowest BCUT2D eigenvalue weighted by atomic mass is 10.2. The van der Waals surface area contributed by atoms with E-state index in [9.17, 15) is 14.9 Å². The minimum Gasteiger partial charge on any atom is -0.316 e. The maximum absolute atomic E-state index is 11.9. The van der Waals surface area contributed by atoms with E-state index < -0.39 is 4.92 Å². The van der Waals surface area contributed by atoms with Gasteiger partial charge in [0.2, 0.25) is 0 Å². The average molecular weight is 334 g/mol. The molecular formula is C18H14N4O3. The molecule has 0 aliphatic carbocycles. The summed E-state index contributed by atoms with van der Waals surface area (Å²) < 4.78 is 1.81. The number of rotatable bonds is 5. The molecule has 124 valence electrons. The SMILES string of the molecule is O=C(NN=Cc1cccn1-c1ccc([N+](=O)[O-])cc1)c1ccccc1. The lowest BCUT2D eigenvalue weighted by Gasteiger charge is -2.06. The summed E-state index contributed by atoms with van der Waals surface area (Å²) in [5.41, 5.74) is 4.50. The van der Waals surface area contributed by atoms with Gasteiger partial charge in [0.15, 0.2) is 0 Å². The quantitative estimate of drug-likeness (QED) is 0.441. The number of carbonyl (C=O) groups excluding carboxylic acids is 1. The zero-order chi connectivity index (χ0) is 17.6. The topological polar surface area (TPSA) is 89.5 Å². The van der Waals surface area contributed by atoms with Gasteiger partial charge in [-0.3, -0.25) is 14.9 Å². The van der Waals surface area contributed by atoms with Crippen molar-refractivity contribution >= 4 is 17.8 Å². The van der Waals surface area contributed by atoms with Gasteiger partial charge in [-0.15, -0.1) is 0 Å². The molecule has 0 atom stereocenters. The minimum atomic E-state index is -0.444. The molecule has 1 aromatic heterocycles. The summed E-state index contributed by atoms with van der Waals surface area (Å²) in [6.45, 7) is 0. The Morgan fingerprint density at radius 1 is 1.04 bits per heavy atom. The first-order valence-corrected chi connectivity index (χ1v) is 7.46. The van der Waals surface area contributed by atoms with Gasteiger partial charge < -0.3 is 4.57 Å². The molecule has 1 N–H and O–H groups in total. The molecule has 0 aliphatic heterocycles. The molecule has 3 rings (SSSR count). The van der Waals surface area contributed by atoms with Gasteiger partial charge in [0, 0.05) is 29.6 Å². The van der Waals surface area contributed by atoms with Crippen molar-refractivity contribution in [3.63, 3.8) is 0 Å². The van der Waals surface area contributed by atoms with Crippen molar-refractivity contribution in [2.45, 2.75) is 0 Å². The van der Waals surface area contributed by atoms with Crippen molar-refractivity contribution < 1.29 is 9.72 Å². The third-order valence-electron chi connectivity index (χ3n) is 3.52. The Bertz CT molecular complexity index is 915. The van der Waals surface area contributed by atoms with Crippen LogP contribution in [0.2, 0.25) is 0 Å². The third kappa shape index (κ3) is 3.78. The van der Waals surface area contributed by atoms with Crippen LogP contribution in [-0.4, -0.2) is 21.6 Å². The highest BCUT2D eigenvalue weighted by Crippen LogP contribution is 2.16. The van der Waals surface area contributed by atoms with Crippen molar-refractivity contribution in [3.05, 3.63) is 94.3 Å². The lowest BCUT2D eigenvalue weighted by Crippen LogP contribution is -2.17. The second-order valence-electron chi connectivity index (χ2n) is 5.14. The second-order valence-corrected chi connectivity index (χ2v) is 5.14. The number of carbonyl (C=O) groups is 1. The Morgan fingerprint density at radius 3 is 2.44 bits per heavy atom. The van der Waals surface area contributed by atoms with Gasteiger partial charge in [-0.05, 0) is 36.4 Å². The zero-order valence-corrected chi connectivity index (χ0v) is 13.1. The molecule has 25 heavy (non-hydrogen) atoms. The summed E-state index contributed by atoms with van der Waals surface area (Å²) >= 11 is 0. The van der Waals surface area contributed by atoms with Crippen LogP contribution >= 0.6 is 0 Å². The molecule has 0 fully saturated rings. The highest BCUT2D eigenvalue weighted by Gasteiger charge is 2.07. The molecule has 1 amide bonds. The fourth-order valence-electron chi connectivity index (χ4n) is 2.28. The normalized spacial score (nSPS) is 10.7. The molecule has 1 heterocycles. The molecular weight excluding hydrogens is 320 g/mol. The van der Waals surface area contributed by atoms with Crippen LogP contribution in [0.4, 0.5) is 5.69 Å². The molecule has 0 saturated carbocycles. The summed E-state index contributed by atoms with van der Waals surface area (Å²) in [5, 5.41) is 14.7. The van der Waals surface area contributed by atoms with Crippen LogP contribution < -0.4 is 5.43 Å². The summed E-state index contributed by atoms with van der Waals surface area (Å²) in [7, 11) is 0. The fourth-order valence-corrected chi connectivity index (χ4v) is 2.28. The molecule has 0 spiro atoms. The van der Waals surface area contributed by atoms with E-state index in [1.54, 1.807) is 36.4 Å². The van der Waals surface area contributed by atoms with E-state index >= 15 is 0 Å². The highest BCUT2D eigenvalue weighted by atomic mass is 16.6. The van der Waals surface area contributed by atoms with Crippen LogP contribution in [0.25, 0.3) is 5.69 Å². The maximum Gasteiger partial charge on any atom is 0.271 e. The number of hydrogen-bond acceptors (Lipinski definition) is 4. The molecule has 0 bridgehead atoms. The van der Waals surface area contributed by atoms with Crippen molar-refractivity contribution in [1.82, 2.24) is 9.99 Å². The van der Waals surface area contributed by atoms with Crippen LogP contribution in [0.15, 0.2) is 78.0 Å². The monoisotopic (exact) mass is 334 g/mol. The van der Waals surface area contributed by atoms with Gasteiger partial charge in [-0.25, -0.2) is 5.43 Å². The summed E-state index contributed by atoms with van der Waals surface area (Å²) in [6, 6.07) is 18.6. The molecule has 2 aromatic carbocycles. The number of nitro benzene ring substituents is 1. The number of nitrogens with one attached hydrogen (secondary N) is 1. The van der Waals surface area contributed by atoms with Crippen molar-refractivity contribution in [2.75, 3.05) is 0 Å². The van der Waals surface area contributed by atoms with Gasteiger partial charge in [0.25, 0.3) is 11.6 Å². The van der Waals surface area contributed by atoms with E-state index in [4.69, 9.17) is 0 Å². The van der Waals surface area contributed by atoms with Crippen LogP contribution in [0, 0.1) is 10.1 Å². The minimum absolute atomic E-state index is 0.0289. The predicted molar refractivity (Wildman–Crippen MR) is 93.9 cm³/mol. The van der Waals surface area contributed by atoms with Crippen LogP contribution in [-0.2, 0) is 0 Å². The van der Waals surface area contributed by atoms with Crippen molar-refractivity contribution in [3.8, 4) is 5.69 Å². The largest absolute Gasteiger partial charge is 0.316 e. The Morgan fingerprint density at radius 2 is 1.76 bits per heavy atom. The van der Waals surface area contributed by atoms with E-state index in [-0.39, 0.29) is 11.6 Å². The Hall–Kier alpha value is -3.74. The van der Waals surface area contributed by atoms with E-state index in [1.165, 1.54) is 18.3 Å². The van der Waals surface area contributed by atoms with Crippen LogP contribution in [0.5, 0.6) is 0 Å². The van der Waals surface area contributed by atoms with E-state index in [1.807, 2.05) is 29.0 Å². The first-order valence-electron chi connectivity index (χ1n) is 7.46. The van der Waals surface area contributed by atoms with Crippen LogP contribution in [0.3, 0.4) is 0 Å².